The zero-order valence-electron chi connectivity index (χ0n) is 8.41. The molecule has 1 rings (SSSR count). The summed E-state index contributed by atoms with van der Waals surface area (Å²) in [5.41, 5.74) is 0.707. The third-order valence-electron chi connectivity index (χ3n) is 1.56. The van der Waals surface area contributed by atoms with Crippen molar-refractivity contribution in [2.24, 2.45) is 0 Å². The SMILES string of the molecule is CC(=O)Oc1ccc(CSS(=O)(=O)O)cc1. The molecule has 1 N–H and O–H groups in total. The predicted molar refractivity (Wildman–Crippen MR) is 60.6 cm³/mol. The molecule has 0 unspecified atom stereocenters. The maximum absolute atomic E-state index is 10.6. The van der Waals surface area contributed by atoms with Crippen molar-refractivity contribution in [1.29, 1.82) is 0 Å². The number of carbonyl (C=O) groups is 1. The summed E-state index contributed by atoms with van der Waals surface area (Å²) in [4.78, 5) is 10.6. The zero-order chi connectivity index (χ0) is 12.2. The third kappa shape index (κ3) is 5.15. The second-order valence-corrected chi connectivity index (χ2v) is 6.28. The van der Waals surface area contributed by atoms with Crippen molar-refractivity contribution in [2.45, 2.75) is 12.7 Å². The van der Waals surface area contributed by atoms with E-state index in [-0.39, 0.29) is 5.75 Å². The van der Waals surface area contributed by atoms with Gasteiger partial charge in [0.2, 0.25) is 0 Å². The second kappa shape index (κ2) is 5.33. The highest BCUT2D eigenvalue weighted by molar-refractivity contribution is 8.69. The Kier molecular flexibility index (Phi) is 4.34. The van der Waals surface area contributed by atoms with Gasteiger partial charge in [-0.15, -0.1) is 0 Å². The van der Waals surface area contributed by atoms with Crippen LogP contribution in [0.25, 0.3) is 0 Å². The molecule has 0 fully saturated rings. The van der Waals surface area contributed by atoms with Crippen molar-refractivity contribution in [3.63, 3.8) is 0 Å². The van der Waals surface area contributed by atoms with Crippen LogP contribution >= 0.6 is 10.8 Å². The first kappa shape index (κ1) is 13.0. The molecule has 0 atom stereocenters. The van der Waals surface area contributed by atoms with Gasteiger partial charge in [-0.1, -0.05) is 12.1 Å². The monoisotopic (exact) mass is 262 g/mol. The maximum Gasteiger partial charge on any atom is 0.320 e. The van der Waals surface area contributed by atoms with Crippen molar-refractivity contribution < 1.29 is 22.5 Å². The number of hydrogen-bond donors (Lipinski definition) is 1. The first-order valence-electron chi connectivity index (χ1n) is 4.26. The summed E-state index contributed by atoms with van der Waals surface area (Å²) in [6.07, 6.45) is 0. The van der Waals surface area contributed by atoms with Crippen molar-refractivity contribution in [1.82, 2.24) is 0 Å². The lowest BCUT2D eigenvalue weighted by Gasteiger charge is -2.02. The molecule has 1 aromatic rings. The first-order valence-corrected chi connectivity index (χ1v) is 7.20. The molecular weight excluding hydrogens is 252 g/mol. The molecule has 0 radical (unpaired) electrons. The standard InChI is InChI=1S/C9H10O5S2/c1-7(10)14-9-4-2-8(3-5-9)6-15-16(11,12)13/h2-5H,6H2,1H3,(H,11,12,13). The summed E-state index contributed by atoms with van der Waals surface area (Å²) >= 11 is 0. The molecule has 5 nitrogen and oxygen atoms in total. The number of esters is 1. The molecule has 0 aromatic heterocycles. The summed E-state index contributed by atoms with van der Waals surface area (Å²) in [5, 5.41) is 0. The van der Waals surface area contributed by atoms with Crippen LogP contribution in [0.4, 0.5) is 0 Å². The summed E-state index contributed by atoms with van der Waals surface area (Å²) in [5.74, 6) is 0.118. The molecule has 0 aliphatic rings. The molecule has 0 aliphatic carbocycles. The lowest BCUT2D eigenvalue weighted by Crippen LogP contribution is -2.01. The Morgan fingerprint density at radius 1 is 1.38 bits per heavy atom. The van der Waals surface area contributed by atoms with Crippen LogP contribution in [-0.4, -0.2) is 18.9 Å². The van der Waals surface area contributed by atoms with E-state index in [1.54, 1.807) is 24.3 Å². The number of carbonyl (C=O) groups excluding carboxylic acids is 1. The first-order chi connectivity index (χ1) is 7.37. The van der Waals surface area contributed by atoms with E-state index in [2.05, 4.69) is 0 Å². The van der Waals surface area contributed by atoms with Crippen LogP contribution in [-0.2, 0) is 19.7 Å². The lowest BCUT2D eigenvalue weighted by molar-refractivity contribution is -0.131. The minimum Gasteiger partial charge on any atom is -0.427 e. The van der Waals surface area contributed by atoms with Gasteiger partial charge < -0.3 is 4.74 Å². The Bertz CT molecular complexity index is 463. The Labute approximate surface area is 97.0 Å². The summed E-state index contributed by atoms with van der Waals surface area (Å²) in [6.45, 7) is 1.29. The number of rotatable bonds is 4. The second-order valence-electron chi connectivity index (χ2n) is 2.93. The van der Waals surface area contributed by atoms with Gasteiger partial charge in [-0.25, -0.2) is 0 Å². The fourth-order valence-electron chi connectivity index (χ4n) is 0.962. The van der Waals surface area contributed by atoms with Gasteiger partial charge in [0.1, 0.15) is 5.75 Å². The minimum absolute atomic E-state index is 0.138. The van der Waals surface area contributed by atoms with Gasteiger partial charge in [0.15, 0.2) is 0 Å². The summed E-state index contributed by atoms with van der Waals surface area (Å²) in [7, 11) is -3.59. The Morgan fingerprint density at radius 3 is 2.38 bits per heavy atom. The highest BCUT2D eigenvalue weighted by atomic mass is 33.1. The third-order valence-corrected chi connectivity index (χ3v) is 3.56. The molecule has 0 saturated heterocycles. The van der Waals surface area contributed by atoms with Gasteiger partial charge in [-0.3, -0.25) is 9.35 Å². The largest absolute Gasteiger partial charge is 0.427 e. The molecule has 0 saturated carbocycles. The van der Waals surface area contributed by atoms with Crippen LogP contribution in [0.5, 0.6) is 5.75 Å². The smallest absolute Gasteiger partial charge is 0.320 e. The van der Waals surface area contributed by atoms with Gasteiger partial charge in [0, 0.05) is 23.5 Å². The normalized spacial score (nSPS) is 11.1. The van der Waals surface area contributed by atoms with Crippen molar-refractivity contribution >= 4 is 25.9 Å². The van der Waals surface area contributed by atoms with E-state index in [1.165, 1.54) is 6.92 Å². The Hall–Kier alpha value is -1.05. The molecule has 0 amide bonds. The molecule has 16 heavy (non-hydrogen) atoms. The van der Waals surface area contributed by atoms with Crippen LogP contribution < -0.4 is 4.74 Å². The molecular formula is C9H10O5S2. The summed E-state index contributed by atoms with van der Waals surface area (Å²) in [6, 6.07) is 6.36. The highest BCUT2D eigenvalue weighted by Crippen LogP contribution is 2.19. The molecule has 88 valence electrons. The van der Waals surface area contributed by atoms with Crippen LogP contribution in [0, 0.1) is 0 Å². The van der Waals surface area contributed by atoms with E-state index in [0.29, 0.717) is 22.1 Å². The van der Waals surface area contributed by atoms with Crippen LogP contribution in [0.2, 0.25) is 0 Å². The molecule has 0 aliphatic heterocycles. The number of benzene rings is 1. The molecule has 0 spiro atoms. The Morgan fingerprint density at radius 2 is 1.94 bits per heavy atom. The lowest BCUT2D eigenvalue weighted by atomic mass is 10.2. The van der Waals surface area contributed by atoms with E-state index < -0.39 is 15.1 Å². The van der Waals surface area contributed by atoms with Crippen molar-refractivity contribution in [2.75, 3.05) is 0 Å². The van der Waals surface area contributed by atoms with Crippen molar-refractivity contribution in [3.8, 4) is 5.75 Å². The average Bonchev–Trinajstić information content (AvgIpc) is 2.14. The molecule has 1 aromatic carbocycles. The van der Waals surface area contributed by atoms with Gasteiger partial charge in [0.05, 0.1) is 0 Å². The van der Waals surface area contributed by atoms with Crippen LogP contribution in [0.1, 0.15) is 12.5 Å². The van der Waals surface area contributed by atoms with E-state index in [4.69, 9.17) is 9.29 Å². The average molecular weight is 262 g/mol. The van der Waals surface area contributed by atoms with E-state index in [9.17, 15) is 13.2 Å². The maximum atomic E-state index is 10.6. The van der Waals surface area contributed by atoms with E-state index in [1.807, 2.05) is 0 Å². The van der Waals surface area contributed by atoms with Gasteiger partial charge in [0.25, 0.3) is 0 Å². The number of hydrogen-bond acceptors (Lipinski definition) is 5. The van der Waals surface area contributed by atoms with Crippen LogP contribution in [0.3, 0.4) is 0 Å². The van der Waals surface area contributed by atoms with Crippen molar-refractivity contribution in [3.05, 3.63) is 29.8 Å². The molecule has 0 heterocycles. The zero-order valence-corrected chi connectivity index (χ0v) is 10.0. The van der Waals surface area contributed by atoms with Gasteiger partial charge >= 0.3 is 15.1 Å². The number of ether oxygens (including phenoxy) is 1. The fraction of sp³-hybridized carbons (Fsp3) is 0.222. The van der Waals surface area contributed by atoms with E-state index >= 15 is 0 Å². The van der Waals surface area contributed by atoms with E-state index in [0.717, 1.165) is 0 Å². The quantitative estimate of drug-likeness (QED) is 0.384. The topological polar surface area (TPSA) is 80.7 Å². The van der Waals surface area contributed by atoms with Gasteiger partial charge in [-0.2, -0.15) is 8.42 Å². The fourth-order valence-corrected chi connectivity index (χ4v) is 2.29. The predicted octanol–water partition coefficient (Wildman–Crippen LogP) is 1.65. The van der Waals surface area contributed by atoms with Gasteiger partial charge in [-0.05, 0) is 17.7 Å². The highest BCUT2D eigenvalue weighted by Gasteiger charge is 2.06. The Balaban J connectivity index is 2.61. The minimum atomic E-state index is -4.02. The summed E-state index contributed by atoms with van der Waals surface area (Å²) < 4.78 is 34.3. The molecule has 7 heteroatoms. The molecule has 0 bridgehead atoms. The van der Waals surface area contributed by atoms with Crippen LogP contribution in [0.15, 0.2) is 24.3 Å².